The Morgan fingerprint density at radius 3 is 2.51 bits per heavy atom. The second-order valence-electron chi connectivity index (χ2n) is 7.68. The van der Waals surface area contributed by atoms with E-state index in [2.05, 4.69) is 20.7 Å². The number of anilines is 1. The third kappa shape index (κ3) is 5.34. The van der Waals surface area contributed by atoms with E-state index in [9.17, 15) is 27.0 Å². The number of benzene rings is 1. The van der Waals surface area contributed by atoms with Gasteiger partial charge in [0.05, 0.1) is 22.3 Å². The lowest BCUT2D eigenvalue weighted by molar-refractivity contribution is -0.141. The molecule has 14 heteroatoms. The second-order valence-corrected chi connectivity index (χ2v) is 10.1. The summed E-state index contributed by atoms with van der Waals surface area (Å²) in [5.41, 5.74) is -1.39. The highest BCUT2D eigenvalue weighted by Crippen LogP contribution is 2.32. The first-order valence-electron chi connectivity index (χ1n) is 9.99. The zero-order valence-corrected chi connectivity index (χ0v) is 20.1. The van der Waals surface area contributed by atoms with Gasteiger partial charge in [0, 0.05) is 39.6 Å². The van der Waals surface area contributed by atoms with Crippen LogP contribution in [-0.4, -0.2) is 48.3 Å². The van der Waals surface area contributed by atoms with Crippen LogP contribution < -0.4 is 10.6 Å². The van der Waals surface area contributed by atoms with E-state index in [1.165, 1.54) is 30.5 Å². The van der Waals surface area contributed by atoms with Crippen LogP contribution in [0.5, 0.6) is 0 Å². The van der Waals surface area contributed by atoms with Crippen molar-refractivity contribution in [2.45, 2.75) is 19.1 Å². The molecule has 1 saturated heterocycles. The quantitative estimate of drug-likeness (QED) is 0.503. The standard InChI is InChI=1S/C21H16Cl2F3N5O3S/c1-10-5-11(22)6-13(19(32)28-12-8-35(34)9-12)17(10)29-20(33)15-7-16(21(24,25)26)30-31(15)18-14(23)3-2-4-27-18/h2-7,12H,8-9H2,1H3,(H,28,32)(H,29,33). The van der Waals surface area contributed by atoms with Crippen LogP contribution in [0.15, 0.2) is 36.5 Å². The van der Waals surface area contributed by atoms with Crippen molar-refractivity contribution in [3.63, 3.8) is 0 Å². The zero-order chi connectivity index (χ0) is 25.5. The molecule has 1 aliphatic heterocycles. The monoisotopic (exact) mass is 545 g/mol. The summed E-state index contributed by atoms with van der Waals surface area (Å²) in [7, 11) is -1.000. The fourth-order valence-corrected chi connectivity index (χ4v) is 4.83. The highest BCUT2D eigenvalue weighted by molar-refractivity contribution is 7.86. The van der Waals surface area contributed by atoms with Crippen LogP contribution in [0, 0.1) is 6.92 Å². The first-order valence-corrected chi connectivity index (χ1v) is 12.2. The molecule has 0 bridgehead atoms. The Bertz CT molecular complexity index is 1350. The average Bonchev–Trinajstić information content (AvgIpc) is 3.20. The fraction of sp³-hybridized carbons (Fsp3) is 0.238. The summed E-state index contributed by atoms with van der Waals surface area (Å²) in [6.07, 6.45) is -3.55. The molecule has 0 radical (unpaired) electrons. The van der Waals surface area contributed by atoms with E-state index in [0.717, 1.165) is 0 Å². The van der Waals surface area contributed by atoms with Crippen LogP contribution in [0.25, 0.3) is 5.82 Å². The molecule has 0 unspecified atom stereocenters. The summed E-state index contributed by atoms with van der Waals surface area (Å²) in [5, 5.41) is 8.88. The SMILES string of the molecule is Cc1cc(Cl)cc(C(=O)NC2CS(=O)C2)c1NC(=O)c1cc(C(F)(F)F)nn1-c1ncccc1Cl. The minimum atomic E-state index is -4.84. The van der Waals surface area contributed by atoms with Crippen molar-refractivity contribution in [3.05, 3.63) is 69.1 Å². The number of aryl methyl sites for hydroxylation is 1. The Kier molecular flexibility index (Phi) is 6.89. The molecule has 35 heavy (non-hydrogen) atoms. The predicted molar refractivity (Wildman–Crippen MR) is 125 cm³/mol. The number of nitrogens with one attached hydrogen (secondary N) is 2. The van der Waals surface area contributed by atoms with E-state index in [1.807, 2.05) is 0 Å². The van der Waals surface area contributed by atoms with E-state index in [1.54, 1.807) is 6.92 Å². The van der Waals surface area contributed by atoms with Crippen molar-refractivity contribution in [1.29, 1.82) is 0 Å². The molecule has 0 saturated carbocycles. The summed E-state index contributed by atoms with van der Waals surface area (Å²) in [5.74, 6) is -1.14. The maximum atomic E-state index is 13.4. The number of hydrogen-bond donors (Lipinski definition) is 2. The minimum Gasteiger partial charge on any atom is -0.347 e. The van der Waals surface area contributed by atoms with Crippen molar-refractivity contribution in [2.75, 3.05) is 16.8 Å². The number of carbonyl (C=O) groups is 2. The van der Waals surface area contributed by atoms with Gasteiger partial charge < -0.3 is 10.6 Å². The van der Waals surface area contributed by atoms with Crippen molar-refractivity contribution >= 4 is 51.5 Å². The molecule has 0 aliphatic carbocycles. The van der Waals surface area contributed by atoms with Crippen molar-refractivity contribution in [2.24, 2.45) is 0 Å². The second kappa shape index (κ2) is 9.59. The number of carbonyl (C=O) groups excluding carboxylic acids is 2. The van der Waals surface area contributed by atoms with Gasteiger partial charge in [-0.2, -0.15) is 18.3 Å². The van der Waals surface area contributed by atoms with Crippen molar-refractivity contribution in [1.82, 2.24) is 20.1 Å². The Morgan fingerprint density at radius 1 is 1.17 bits per heavy atom. The highest BCUT2D eigenvalue weighted by Gasteiger charge is 2.37. The largest absolute Gasteiger partial charge is 0.435 e. The topological polar surface area (TPSA) is 106 Å². The number of alkyl halides is 3. The summed E-state index contributed by atoms with van der Waals surface area (Å²) in [6, 6.07) is 5.94. The van der Waals surface area contributed by atoms with Crippen molar-refractivity contribution < 1.29 is 27.0 Å². The Morgan fingerprint density at radius 2 is 1.89 bits per heavy atom. The first-order chi connectivity index (χ1) is 16.4. The van der Waals surface area contributed by atoms with Crippen LogP contribution in [0.3, 0.4) is 0 Å². The zero-order valence-electron chi connectivity index (χ0n) is 17.8. The molecule has 8 nitrogen and oxygen atoms in total. The lowest BCUT2D eigenvalue weighted by atomic mass is 10.1. The molecule has 2 aromatic heterocycles. The molecular weight excluding hydrogens is 530 g/mol. The van der Waals surface area contributed by atoms with Gasteiger partial charge in [0.2, 0.25) is 0 Å². The van der Waals surface area contributed by atoms with Gasteiger partial charge in [0.25, 0.3) is 11.8 Å². The number of rotatable bonds is 5. The Balaban J connectivity index is 1.72. The summed E-state index contributed by atoms with van der Waals surface area (Å²) in [6.45, 7) is 1.57. The lowest BCUT2D eigenvalue weighted by Crippen LogP contribution is -2.50. The van der Waals surface area contributed by atoms with Gasteiger partial charge in [-0.25, -0.2) is 9.67 Å². The van der Waals surface area contributed by atoms with Gasteiger partial charge >= 0.3 is 6.18 Å². The Hall–Kier alpha value is -2.96. The summed E-state index contributed by atoms with van der Waals surface area (Å²) < 4.78 is 52.2. The molecule has 1 aromatic carbocycles. The van der Waals surface area contributed by atoms with Gasteiger partial charge in [0.15, 0.2) is 11.5 Å². The Labute approximate surface area is 209 Å². The van der Waals surface area contributed by atoms with Crippen molar-refractivity contribution in [3.8, 4) is 5.82 Å². The molecule has 2 amide bonds. The lowest BCUT2D eigenvalue weighted by Gasteiger charge is -2.26. The third-order valence-corrected chi connectivity index (χ3v) is 7.13. The van der Waals surface area contributed by atoms with E-state index >= 15 is 0 Å². The molecule has 0 spiro atoms. The first kappa shape index (κ1) is 25.1. The number of aromatic nitrogens is 3. The molecule has 2 N–H and O–H groups in total. The number of pyridine rings is 1. The molecule has 1 aliphatic rings. The predicted octanol–water partition coefficient (Wildman–Crippen LogP) is 4.01. The summed E-state index contributed by atoms with van der Waals surface area (Å²) >= 11 is 12.2. The molecular formula is C21H16Cl2F3N5O3S. The van der Waals surface area contributed by atoms with E-state index in [-0.39, 0.29) is 33.2 Å². The number of nitrogens with zero attached hydrogens (tertiary/aromatic N) is 3. The van der Waals surface area contributed by atoms with Gasteiger partial charge in [-0.05, 0) is 36.8 Å². The summed E-state index contributed by atoms with van der Waals surface area (Å²) in [4.78, 5) is 30.0. The smallest absolute Gasteiger partial charge is 0.347 e. The molecule has 184 valence electrons. The molecule has 3 aromatic rings. The molecule has 1 fully saturated rings. The highest BCUT2D eigenvalue weighted by atomic mass is 35.5. The molecule has 3 heterocycles. The van der Waals surface area contributed by atoms with Gasteiger partial charge in [0.1, 0.15) is 5.69 Å². The van der Waals surface area contributed by atoms with Gasteiger partial charge in [-0.15, -0.1) is 0 Å². The molecule has 4 rings (SSSR count). The number of amides is 2. The number of hydrogen-bond acceptors (Lipinski definition) is 5. The van der Waals surface area contributed by atoms with Crippen LogP contribution in [-0.2, 0) is 17.0 Å². The van der Waals surface area contributed by atoms with Gasteiger partial charge in [-0.3, -0.25) is 13.8 Å². The van der Waals surface area contributed by atoms with Crippen LogP contribution in [0.1, 0.15) is 32.1 Å². The average molecular weight is 546 g/mol. The normalized spacial score (nSPS) is 17.5. The van der Waals surface area contributed by atoms with Crippen LogP contribution in [0.2, 0.25) is 10.0 Å². The minimum absolute atomic E-state index is 0.000916. The van der Waals surface area contributed by atoms with Gasteiger partial charge in [-0.1, -0.05) is 23.2 Å². The molecule has 0 atom stereocenters. The van der Waals surface area contributed by atoms with E-state index in [0.29, 0.717) is 27.8 Å². The number of halogens is 5. The maximum absolute atomic E-state index is 13.4. The van der Waals surface area contributed by atoms with E-state index < -0.39 is 40.2 Å². The fourth-order valence-electron chi connectivity index (χ4n) is 3.39. The van der Waals surface area contributed by atoms with Crippen LogP contribution >= 0.6 is 23.2 Å². The maximum Gasteiger partial charge on any atom is 0.435 e. The van der Waals surface area contributed by atoms with E-state index in [4.69, 9.17) is 23.2 Å². The van der Waals surface area contributed by atoms with Crippen LogP contribution in [0.4, 0.5) is 18.9 Å². The third-order valence-electron chi connectivity index (χ3n) is 5.06.